The van der Waals surface area contributed by atoms with Crippen LogP contribution in [0.2, 0.25) is 0 Å². The summed E-state index contributed by atoms with van der Waals surface area (Å²) >= 11 is 3.39. The zero-order valence-electron chi connectivity index (χ0n) is 15.7. The summed E-state index contributed by atoms with van der Waals surface area (Å²) in [5.74, 6) is 0.714. The molecule has 0 atom stereocenters. The second-order valence-corrected chi connectivity index (χ2v) is 10.1. The lowest BCUT2D eigenvalue weighted by Crippen LogP contribution is -2.48. The lowest BCUT2D eigenvalue weighted by atomic mass is 9.98. The maximum atomic E-state index is 12.7. The second-order valence-electron chi connectivity index (χ2n) is 8.31. The second kappa shape index (κ2) is 7.02. The molecule has 0 unspecified atom stereocenters. The molecular weight excluding hydrogens is 364 g/mol. The molecule has 140 valence electrons. The van der Waals surface area contributed by atoms with Crippen molar-refractivity contribution in [1.82, 2.24) is 19.8 Å². The van der Waals surface area contributed by atoms with Crippen molar-refractivity contribution in [2.24, 2.45) is 0 Å². The van der Waals surface area contributed by atoms with Gasteiger partial charge in [0.1, 0.15) is 5.69 Å². The van der Waals surface area contributed by atoms with Crippen molar-refractivity contribution >= 4 is 28.6 Å². The lowest BCUT2D eigenvalue weighted by molar-refractivity contribution is 0.0622. The maximum Gasteiger partial charge on any atom is 0.273 e. The Morgan fingerprint density at radius 2 is 1.85 bits per heavy atom. The smallest absolute Gasteiger partial charge is 0.273 e. The van der Waals surface area contributed by atoms with Gasteiger partial charge in [-0.15, -0.1) is 22.7 Å². The number of piperazine rings is 1. The van der Waals surface area contributed by atoms with Gasteiger partial charge in [0.05, 0.1) is 15.7 Å². The number of rotatable bonds is 4. The minimum atomic E-state index is 0.0940. The third-order valence-corrected chi connectivity index (χ3v) is 7.23. The first-order valence-electron chi connectivity index (χ1n) is 9.32. The number of carbonyl (C=O) groups is 1. The predicted octanol–water partition coefficient (Wildman–Crippen LogP) is 3.73. The molecule has 1 aliphatic heterocycles. The topological polar surface area (TPSA) is 49.3 Å². The van der Waals surface area contributed by atoms with Gasteiger partial charge in [-0.25, -0.2) is 9.97 Å². The minimum Gasteiger partial charge on any atom is -0.335 e. The van der Waals surface area contributed by atoms with Crippen molar-refractivity contribution in [2.45, 2.75) is 51.5 Å². The van der Waals surface area contributed by atoms with Gasteiger partial charge in [-0.3, -0.25) is 9.69 Å². The Balaban J connectivity index is 1.30. The van der Waals surface area contributed by atoms with E-state index >= 15 is 0 Å². The summed E-state index contributed by atoms with van der Waals surface area (Å²) in [6.45, 7) is 10.8. The summed E-state index contributed by atoms with van der Waals surface area (Å²) in [5.41, 5.74) is 1.90. The standard InChI is InChI=1S/C19H26N4OS2/c1-19(2,3)18-20-14(11-26-18)10-22-6-8-23(9-7-22)17(24)15-12-25-16(21-15)13-4-5-13/h11-13H,4-10H2,1-3H3. The Bertz CT molecular complexity index is 780. The van der Waals surface area contributed by atoms with E-state index in [2.05, 4.69) is 36.0 Å². The molecular formula is C19H26N4OS2. The molecule has 2 aliphatic rings. The van der Waals surface area contributed by atoms with Crippen molar-refractivity contribution in [1.29, 1.82) is 0 Å². The van der Waals surface area contributed by atoms with E-state index in [0.29, 0.717) is 11.6 Å². The number of nitrogens with zero attached hydrogens (tertiary/aromatic N) is 4. The highest BCUT2D eigenvalue weighted by Crippen LogP contribution is 2.41. The average molecular weight is 391 g/mol. The van der Waals surface area contributed by atoms with Crippen LogP contribution in [0.4, 0.5) is 0 Å². The number of hydrogen-bond acceptors (Lipinski definition) is 6. The summed E-state index contributed by atoms with van der Waals surface area (Å²) in [6.07, 6.45) is 2.46. The van der Waals surface area contributed by atoms with E-state index in [0.717, 1.165) is 43.4 Å². The molecule has 0 aromatic carbocycles. The lowest BCUT2D eigenvalue weighted by Gasteiger charge is -2.34. The van der Waals surface area contributed by atoms with E-state index in [1.807, 2.05) is 10.3 Å². The van der Waals surface area contributed by atoms with Crippen LogP contribution in [0.1, 0.15) is 65.7 Å². The summed E-state index contributed by atoms with van der Waals surface area (Å²) in [6, 6.07) is 0. The van der Waals surface area contributed by atoms with Crippen LogP contribution in [0.3, 0.4) is 0 Å². The number of hydrogen-bond donors (Lipinski definition) is 0. The summed E-state index contributed by atoms with van der Waals surface area (Å²) in [7, 11) is 0. The first-order valence-corrected chi connectivity index (χ1v) is 11.1. The number of aromatic nitrogens is 2. The van der Waals surface area contributed by atoms with E-state index < -0.39 is 0 Å². The quantitative estimate of drug-likeness (QED) is 0.798. The molecule has 1 saturated carbocycles. The predicted molar refractivity (Wildman–Crippen MR) is 106 cm³/mol. The molecule has 0 radical (unpaired) electrons. The van der Waals surface area contributed by atoms with E-state index in [4.69, 9.17) is 4.98 Å². The summed E-state index contributed by atoms with van der Waals surface area (Å²) in [4.78, 5) is 26.4. The first-order chi connectivity index (χ1) is 12.4. The highest BCUT2D eigenvalue weighted by Gasteiger charge is 2.29. The van der Waals surface area contributed by atoms with Gasteiger partial charge in [-0.05, 0) is 12.8 Å². The Morgan fingerprint density at radius 1 is 1.12 bits per heavy atom. The third kappa shape index (κ3) is 4.00. The Hall–Kier alpha value is -1.31. The molecule has 5 nitrogen and oxygen atoms in total. The molecule has 3 heterocycles. The highest BCUT2D eigenvalue weighted by molar-refractivity contribution is 7.10. The van der Waals surface area contributed by atoms with Crippen molar-refractivity contribution < 1.29 is 4.79 Å². The Kier molecular flexibility index (Phi) is 4.88. The molecule has 4 rings (SSSR count). The van der Waals surface area contributed by atoms with Gasteiger partial charge in [0.15, 0.2) is 0 Å². The van der Waals surface area contributed by atoms with Gasteiger partial charge in [0.2, 0.25) is 0 Å². The molecule has 2 aromatic rings. The van der Waals surface area contributed by atoms with Crippen molar-refractivity contribution in [3.63, 3.8) is 0 Å². The van der Waals surface area contributed by atoms with Crippen LogP contribution in [0.5, 0.6) is 0 Å². The SMILES string of the molecule is CC(C)(C)c1nc(CN2CCN(C(=O)c3csc(C4CC4)n3)CC2)cs1. The normalized spacial score (nSPS) is 19.1. The third-order valence-electron chi connectivity index (χ3n) is 4.91. The Labute approximate surface area is 163 Å². The molecule has 2 fully saturated rings. The summed E-state index contributed by atoms with van der Waals surface area (Å²) < 4.78 is 0. The number of thiazole rings is 2. The molecule has 1 saturated heterocycles. The monoisotopic (exact) mass is 390 g/mol. The van der Waals surface area contributed by atoms with Crippen LogP contribution in [0.25, 0.3) is 0 Å². The van der Waals surface area contributed by atoms with Crippen LogP contribution in [0, 0.1) is 0 Å². The molecule has 26 heavy (non-hydrogen) atoms. The maximum absolute atomic E-state index is 12.7. The molecule has 2 aromatic heterocycles. The summed E-state index contributed by atoms with van der Waals surface area (Å²) in [5, 5.41) is 6.44. The van der Waals surface area contributed by atoms with Crippen LogP contribution in [-0.4, -0.2) is 51.9 Å². The van der Waals surface area contributed by atoms with E-state index in [-0.39, 0.29) is 11.3 Å². The largest absolute Gasteiger partial charge is 0.335 e. The van der Waals surface area contributed by atoms with Gasteiger partial charge in [-0.2, -0.15) is 0 Å². The fourth-order valence-corrected chi connectivity index (χ4v) is 4.99. The van der Waals surface area contributed by atoms with Crippen LogP contribution < -0.4 is 0 Å². The van der Waals surface area contributed by atoms with Gasteiger partial charge in [-0.1, -0.05) is 20.8 Å². The van der Waals surface area contributed by atoms with Crippen LogP contribution in [-0.2, 0) is 12.0 Å². The Morgan fingerprint density at radius 3 is 2.46 bits per heavy atom. The molecule has 0 N–H and O–H groups in total. The van der Waals surface area contributed by atoms with E-state index in [1.54, 1.807) is 22.7 Å². The van der Waals surface area contributed by atoms with Crippen LogP contribution in [0.15, 0.2) is 10.8 Å². The zero-order valence-corrected chi connectivity index (χ0v) is 17.3. The molecule has 0 bridgehead atoms. The fourth-order valence-electron chi connectivity index (χ4n) is 3.13. The van der Waals surface area contributed by atoms with Crippen molar-refractivity contribution in [2.75, 3.05) is 26.2 Å². The highest BCUT2D eigenvalue weighted by atomic mass is 32.1. The first kappa shape index (κ1) is 18.1. The fraction of sp³-hybridized carbons (Fsp3) is 0.632. The number of carbonyl (C=O) groups excluding carboxylic acids is 1. The van der Waals surface area contributed by atoms with Crippen LogP contribution >= 0.6 is 22.7 Å². The average Bonchev–Trinajstić information content (AvgIpc) is 3.14. The van der Waals surface area contributed by atoms with E-state index in [1.165, 1.54) is 17.8 Å². The van der Waals surface area contributed by atoms with Gasteiger partial charge in [0, 0.05) is 54.8 Å². The minimum absolute atomic E-state index is 0.0940. The molecule has 1 aliphatic carbocycles. The van der Waals surface area contributed by atoms with Gasteiger partial charge in [0.25, 0.3) is 5.91 Å². The van der Waals surface area contributed by atoms with E-state index in [9.17, 15) is 4.79 Å². The molecule has 1 amide bonds. The molecule has 7 heteroatoms. The van der Waals surface area contributed by atoms with Crippen molar-refractivity contribution in [3.8, 4) is 0 Å². The zero-order chi connectivity index (χ0) is 18.3. The van der Waals surface area contributed by atoms with Gasteiger partial charge < -0.3 is 4.90 Å². The van der Waals surface area contributed by atoms with Crippen molar-refractivity contribution in [3.05, 3.63) is 32.2 Å². The van der Waals surface area contributed by atoms with Gasteiger partial charge >= 0.3 is 0 Å². The number of amides is 1. The molecule has 0 spiro atoms.